The molecule has 1 aliphatic carbocycles. The highest BCUT2D eigenvalue weighted by Gasteiger charge is 2.54. The zero-order chi connectivity index (χ0) is 17.7. The van der Waals surface area contributed by atoms with Crippen molar-refractivity contribution < 1.29 is 9.18 Å². The van der Waals surface area contributed by atoms with Gasteiger partial charge in [-0.15, -0.1) is 0 Å². The first kappa shape index (κ1) is 16.0. The van der Waals surface area contributed by atoms with Crippen LogP contribution in [0.25, 0.3) is 0 Å². The number of nitrogens with zero attached hydrogens (tertiary/aromatic N) is 2. The molecule has 3 aliphatic rings. The van der Waals surface area contributed by atoms with E-state index in [1.54, 1.807) is 0 Å². The van der Waals surface area contributed by atoms with E-state index in [2.05, 4.69) is 23.1 Å². The van der Waals surface area contributed by atoms with Crippen molar-refractivity contribution in [1.29, 1.82) is 0 Å². The van der Waals surface area contributed by atoms with Gasteiger partial charge in [0, 0.05) is 25.3 Å². The highest BCUT2D eigenvalue weighted by Crippen LogP contribution is 2.48. The molecule has 134 valence electrons. The monoisotopic (exact) mass is 350 g/mol. The molecule has 5 rings (SSSR count). The van der Waals surface area contributed by atoms with Gasteiger partial charge < -0.3 is 4.90 Å². The van der Waals surface area contributed by atoms with Gasteiger partial charge in [-0.2, -0.15) is 0 Å². The molecule has 3 nitrogen and oxygen atoms in total. The minimum atomic E-state index is -0.397. The molecule has 0 N–H and O–H groups in total. The van der Waals surface area contributed by atoms with Crippen LogP contribution < -0.4 is 4.90 Å². The van der Waals surface area contributed by atoms with E-state index in [-0.39, 0.29) is 11.7 Å². The van der Waals surface area contributed by atoms with Crippen molar-refractivity contribution in [3.05, 3.63) is 65.5 Å². The molecule has 1 atom stereocenters. The van der Waals surface area contributed by atoms with Crippen molar-refractivity contribution in [2.75, 3.05) is 24.5 Å². The van der Waals surface area contributed by atoms with Crippen LogP contribution in [0, 0.1) is 11.7 Å². The van der Waals surface area contributed by atoms with E-state index < -0.39 is 5.41 Å². The summed E-state index contributed by atoms with van der Waals surface area (Å²) in [4.78, 5) is 17.8. The van der Waals surface area contributed by atoms with Crippen LogP contribution in [0.5, 0.6) is 0 Å². The fourth-order valence-corrected chi connectivity index (χ4v) is 4.60. The van der Waals surface area contributed by atoms with E-state index in [1.165, 1.54) is 30.5 Å². The summed E-state index contributed by atoms with van der Waals surface area (Å²) >= 11 is 0. The summed E-state index contributed by atoms with van der Waals surface area (Å²) in [5.74, 6) is 0.758. The van der Waals surface area contributed by atoms with E-state index in [4.69, 9.17) is 0 Å². The summed E-state index contributed by atoms with van der Waals surface area (Å²) in [6, 6.07) is 15.0. The fourth-order valence-electron chi connectivity index (χ4n) is 4.60. The molecule has 1 amide bonds. The quantitative estimate of drug-likeness (QED) is 0.839. The Morgan fingerprint density at radius 3 is 2.62 bits per heavy atom. The average Bonchev–Trinajstić information content (AvgIpc) is 3.34. The molecule has 0 bridgehead atoms. The Kier molecular flexibility index (Phi) is 3.64. The first-order valence-electron chi connectivity index (χ1n) is 9.54. The molecule has 2 aliphatic heterocycles. The number of halogens is 1. The number of para-hydroxylation sites is 1. The molecule has 4 heteroatoms. The Labute approximate surface area is 153 Å². The molecule has 1 spiro atoms. The summed E-state index contributed by atoms with van der Waals surface area (Å²) in [7, 11) is 0. The van der Waals surface area contributed by atoms with Gasteiger partial charge >= 0.3 is 0 Å². The van der Waals surface area contributed by atoms with Gasteiger partial charge in [0.2, 0.25) is 5.91 Å². The second-order valence-electron chi connectivity index (χ2n) is 8.05. The van der Waals surface area contributed by atoms with Gasteiger partial charge in [0.05, 0.1) is 5.41 Å². The number of hydrogen-bond donors (Lipinski definition) is 0. The van der Waals surface area contributed by atoms with Crippen molar-refractivity contribution in [2.24, 2.45) is 5.92 Å². The van der Waals surface area contributed by atoms with Crippen LogP contribution in [0.1, 0.15) is 30.4 Å². The van der Waals surface area contributed by atoms with Crippen LogP contribution in [-0.4, -0.2) is 30.4 Å². The van der Waals surface area contributed by atoms with Gasteiger partial charge in [-0.25, -0.2) is 4.39 Å². The van der Waals surface area contributed by atoms with Crippen molar-refractivity contribution in [3.63, 3.8) is 0 Å². The van der Waals surface area contributed by atoms with Gasteiger partial charge in [0.1, 0.15) is 5.82 Å². The zero-order valence-corrected chi connectivity index (χ0v) is 14.8. The molecule has 2 aromatic rings. The zero-order valence-electron chi connectivity index (χ0n) is 14.8. The van der Waals surface area contributed by atoms with Gasteiger partial charge in [-0.05, 0) is 61.1 Å². The molecule has 26 heavy (non-hydrogen) atoms. The summed E-state index contributed by atoms with van der Waals surface area (Å²) < 4.78 is 13.1. The number of benzene rings is 2. The molecule has 1 unspecified atom stereocenters. The minimum Gasteiger partial charge on any atom is -0.311 e. The Balaban J connectivity index is 1.41. The minimum absolute atomic E-state index is 0.206. The molecule has 2 fully saturated rings. The lowest BCUT2D eigenvalue weighted by molar-refractivity contribution is -0.122. The van der Waals surface area contributed by atoms with E-state index in [1.807, 2.05) is 23.1 Å². The highest BCUT2D eigenvalue weighted by molar-refractivity contribution is 6.08. The largest absolute Gasteiger partial charge is 0.311 e. The maximum atomic E-state index is 13.4. The van der Waals surface area contributed by atoms with Gasteiger partial charge in [-0.3, -0.25) is 9.69 Å². The lowest BCUT2D eigenvalue weighted by Crippen LogP contribution is -2.43. The first-order chi connectivity index (χ1) is 12.7. The van der Waals surface area contributed by atoms with E-state index >= 15 is 0 Å². The van der Waals surface area contributed by atoms with Crippen molar-refractivity contribution in [2.45, 2.75) is 31.2 Å². The molecule has 1 saturated carbocycles. The van der Waals surface area contributed by atoms with E-state index in [9.17, 15) is 9.18 Å². The maximum Gasteiger partial charge on any atom is 0.239 e. The summed E-state index contributed by atoms with van der Waals surface area (Å²) in [5, 5.41) is 0. The maximum absolute atomic E-state index is 13.4. The smallest absolute Gasteiger partial charge is 0.239 e. The average molecular weight is 350 g/mol. The third-order valence-corrected chi connectivity index (χ3v) is 6.17. The lowest BCUT2D eigenvalue weighted by atomic mass is 9.81. The van der Waals surface area contributed by atoms with Crippen molar-refractivity contribution in [1.82, 2.24) is 4.90 Å². The second kappa shape index (κ2) is 5.92. The molecule has 0 aromatic heterocycles. The Bertz CT molecular complexity index is 845. The number of likely N-dealkylation sites (tertiary alicyclic amines) is 1. The topological polar surface area (TPSA) is 23.6 Å². The third kappa shape index (κ3) is 2.55. The van der Waals surface area contributed by atoms with E-state index in [0.717, 1.165) is 43.9 Å². The molecule has 2 heterocycles. The fraction of sp³-hybridized carbons (Fsp3) is 0.409. The standard InChI is InChI=1S/C22H23FN2O/c23-18-9-7-16(8-10-18)13-24-12-11-22(15-24)19-3-1-2-4-20(19)25(21(22)26)14-17-5-6-17/h1-4,7-10,17H,5-6,11-15H2. The molecule has 1 saturated heterocycles. The predicted molar refractivity (Wildman–Crippen MR) is 99.5 cm³/mol. The van der Waals surface area contributed by atoms with Gasteiger partial charge in [0.15, 0.2) is 0 Å². The Morgan fingerprint density at radius 1 is 1.08 bits per heavy atom. The SMILES string of the molecule is O=C1N(CC2CC2)c2ccccc2C12CCN(Cc1ccc(F)cc1)C2. The molecule has 2 aromatic carbocycles. The second-order valence-corrected chi connectivity index (χ2v) is 8.05. The number of carbonyl (C=O) groups excluding carboxylic acids is 1. The van der Waals surface area contributed by atoms with Crippen molar-refractivity contribution >= 4 is 11.6 Å². The van der Waals surface area contributed by atoms with Crippen LogP contribution in [0.4, 0.5) is 10.1 Å². The number of hydrogen-bond acceptors (Lipinski definition) is 2. The highest BCUT2D eigenvalue weighted by atomic mass is 19.1. The van der Waals surface area contributed by atoms with Crippen LogP contribution in [0.2, 0.25) is 0 Å². The normalized spacial score (nSPS) is 25.3. The molecule has 0 radical (unpaired) electrons. The van der Waals surface area contributed by atoms with Crippen LogP contribution >= 0.6 is 0 Å². The number of fused-ring (bicyclic) bond motifs is 2. The van der Waals surface area contributed by atoms with Crippen LogP contribution in [0.15, 0.2) is 48.5 Å². The van der Waals surface area contributed by atoms with Gasteiger partial charge in [-0.1, -0.05) is 30.3 Å². The third-order valence-electron chi connectivity index (χ3n) is 6.17. The Morgan fingerprint density at radius 2 is 1.85 bits per heavy atom. The summed E-state index contributed by atoms with van der Waals surface area (Å²) in [6.45, 7) is 3.28. The molecular formula is C22H23FN2O. The van der Waals surface area contributed by atoms with Gasteiger partial charge in [0.25, 0.3) is 0 Å². The summed E-state index contributed by atoms with van der Waals surface area (Å²) in [5.41, 5.74) is 3.02. The number of anilines is 1. The molecular weight excluding hydrogens is 327 g/mol. The summed E-state index contributed by atoms with van der Waals surface area (Å²) in [6.07, 6.45) is 3.36. The van der Waals surface area contributed by atoms with Crippen molar-refractivity contribution in [3.8, 4) is 0 Å². The number of carbonyl (C=O) groups is 1. The van der Waals surface area contributed by atoms with E-state index in [0.29, 0.717) is 5.92 Å². The predicted octanol–water partition coefficient (Wildman–Crippen LogP) is 3.73. The Hall–Kier alpha value is -2.20. The number of amides is 1. The van der Waals surface area contributed by atoms with Crippen LogP contribution in [-0.2, 0) is 16.8 Å². The number of rotatable bonds is 4. The lowest BCUT2D eigenvalue weighted by Gasteiger charge is -2.25. The first-order valence-corrected chi connectivity index (χ1v) is 9.54. The van der Waals surface area contributed by atoms with Crippen LogP contribution in [0.3, 0.4) is 0 Å².